The third-order valence-corrected chi connectivity index (χ3v) is 4.12. The van der Waals surface area contributed by atoms with Gasteiger partial charge in [-0.05, 0) is 42.7 Å². The van der Waals surface area contributed by atoms with Gasteiger partial charge >= 0.3 is 0 Å². The Kier molecular flexibility index (Phi) is 4.68. The molecule has 3 rings (SSSR count). The molecule has 0 atom stereocenters. The third-order valence-electron chi connectivity index (χ3n) is 3.87. The van der Waals surface area contributed by atoms with E-state index in [4.69, 9.17) is 16.9 Å². The number of carbonyl (C=O) groups is 2. The fourth-order valence-corrected chi connectivity index (χ4v) is 2.42. The van der Waals surface area contributed by atoms with Crippen molar-refractivity contribution in [1.29, 1.82) is 5.26 Å². The summed E-state index contributed by atoms with van der Waals surface area (Å²) in [5.74, 6) is -0.636. The predicted octanol–water partition coefficient (Wildman–Crippen LogP) is 2.70. The minimum absolute atomic E-state index is 0.158. The molecule has 25 heavy (non-hydrogen) atoms. The Morgan fingerprint density at radius 2 is 1.96 bits per heavy atom. The van der Waals surface area contributed by atoms with Crippen LogP contribution in [0.2, 0.25) is 5.02 Å². The molecule has 2 aromatic rings. The maximum absolute atomic E-state index is 12.2. The Morgan fingerprint density at radius 1 is 1.24 bits per heavy atom. The summed E-state index contributed by atoms with van der Waals surface area (Å²) in [5.41, 5.74) is 0.706. The monoisotopic (exact) mass is 354 g/mol. The molecule has 1 aliphatic rings. The van der Waals surface area contributed by atoms with Gasteiger partial charge in [-0.15, -0.1) is 0 Å². The van der Waals surface area contributed by atoms with Crippen LogP contribution >= 0.6 is 11.6 Å². The summed E-state index contributed by atoms with van der Waals surface area (Å²) < 4.78 is 0. The number of aromatic nitrogens is 1. The molecule has 1 heterocycles. The molecule has 0 spiro atoms. The number of amides is 2. The fourth-order valence-electron chi connectivity index (χ4n) is 2.30. The molecule has 0 bridgehead atoms. The number of hydrogen-bond donors (Lipinski definition) is 2. The van der Waals surface area contributed by atoms with Gasteiger partial charge in [0.25, 0.3) is 5.91 Å². The van der Waals surface area contributed by atoms with Gasteiger partial charge in [0.15, 0.2) is 0 Å². The molecule has 0 unspecified atom stereocenters. The number of nitriles is 1. The van der Waals surface area contributed by atoms with Gasteiger partial charge < -0.3 is 10.6 Å². The first kappa shape index (κ1) is 16.9. The molecule has 1 aliphatic carbocycles. The molecule has 1 fully saturated rings. The van der Waals surface area contributed by atoms with Crippen LogP contribution in [0.1, 0.15) is 28.9 Å². The number of nitrogens with zero attached hydrogens (tertiary/aromatic N) is 2. The van der Waals surface area contributed by atoms with Crippen molar-refractivity contribution in [2.24, 2.45) is 0 Å². The van der Waals surface area contributed by atoms with Crippen LogP contribution in [0.5, 0.6) is 0 Å². The molecule has 0 aliphatic heterocycles. The SMILES string of the molecule is N#CC1(NC(=O)c2cc(NC(=O)Cc3ccc(Cl)cc3)ccn2)CC1. The van der Waals surface area contributed by atoms with Crippen molar-refractivity contribution in [2.45, 2.75) is 24.8 Å². The Balaban J connectivity index is 1.63. The maximum atomic E-state index is 12.2. The lowest BCUT2D eigenvalue weighted by Crippen LogP contribution is -2.36. The van der Waals surface area contributed by atoms with Gasteiger partial charge in [-0.25, -0.2) is 0 Å². The first-order valence-electron chi connectivity index (χ1n) is 7.74. The Labute approximate surface area is 149 Å². The quantitative estimate of drug-likeness (QED) is 0.863. The van der Waals surface area contributed by atoms with Gasteiger partial charge in [-0.2, -0.15) is 5.26 Å². The van der Waals surface area contributed by atoms with Crippen molar-refractivity contribution in [1.82, 2.24) is 10.3 Å². The molecule has 1 saturated carbocycles. The first-order valence-corrected chi connectivity index (χ1v) is 8.12. The van der Waals surface area contributed by atoms with E-state index in [-0.39, 0.29) is 18.0 Å². The lowest BCUT2D eigenvalue weighted by atomic mass is 10.1. The average Bonchev–Trinajstić information content (AvgIpc) is 3.37. The highest BCUT2D eigenvalue weighted by Crippen LogP contribution is 2.34. The first-order chi connectivity index (χ1) is 12.0. The summed E-state index contributed by atoms with van der Waals surface area (Å²) in [5, 5.41) is 15.1. The molecule has 0 radical (unpaired) electrons. The highest BCUT2D eigenvalue weighted by atomic mass is 35.5. The van der Waals surface area contributed by atoms with Crippen LogP contribution in [0, 0.1) is 11.3 Å². The van der Waals surface area contributed by atoms with Gasteiger partial charge in [-0.1, -0.05) is 23.7 Å². The van der Waals surface area contributed by atoms with E-state index in [1.165, 1.54) is 12.3 Å². The van der Waals surface area contributed by atoms with E-state index in [0.29, 0.717) is 23.6 Å². The average molecular weight is 355 g/mol. The second-order valence-corrected chi connectivity index (χ2v) is 6.37. The van der Waals surface area contributed by atoms with Crippen LogP contribution in [0.4, 0.5) is 5.69 Å². The molecule has 126 valence electrons. The minimum Gasteiger partial charge on any atom is -0.332 e. The zero-order chi connectivity index (χ0) is 17.9. The van der Waals surface area contributed by atoms with E-state index >= 15 is 0 Å². The summed E-state index contributed by atoms with van der Waals surface area (Å²) in [6, 6.07) is 12.2. The van der Waals surface area contributed by atoms with Crippen LogP contribution in [0.25, 0.3) is 0 Å². The maximum Gasteiger partial charge on any atom is 0.271 e. The normalized spacial score (nSPS) is 14.2. The summed E-state index contributed by atoms with van der Waals surface area (Å²) >= 11 is 5.82. The van der Waals surface area contributed by atoms with Crippen molar-refractivity contribution >= 4 is 29.1 Å². The Hall–Kier alpha value is -2.91. The van der Waals surface area contributed by atoms with E-state index in [2.05, 4.69) is 21.7 Å². The molecular weight excluding hydrogens is 340 g/mol. The number of pyridine rings is 1. The standard InChI is InChI=1S/C18H15ClN4O2/c19-13-3-1-12(2-4-13)9-16(24)22-14-5-8-21-15(10-14)17(25)23-18(11-20)6-7-18/h1-5,8,10H,6-7,9H2,(H,23,25)(H,21,22,24). The molecule has 7 heteroatoms. The number of carbonyl (C=O) groups excluding carboxylic acids is 2. The molecule has 1 aromatic carbocycles. The van der Waals surface area contributed by atoms with E-state index in [9.17, 15) is 9.59 Å². The number of benzene rings is 1. The lowest BCUT2D eigenvalue weighted by Gasteiger charge is -2.10. The van der Waals surface area contributed by atoms with Crippen molar-refractivity contribution in [3.05, 3.63) is 58.9 Å². The summed E-state index contributed by atoms with van der Waals surface area (Å²) in [4.78, 5) is 28.3. The number of anilines is 1. The second kappa shape index (κ2) is 6.91. The van der Waals surface area contributed by atoms with Crippen molar-refractivity contribution in [3.8, 4) is 6.07 Å². The fraction of sp³-hybridized carbons (Fsp3) is 0.222. The van der Waals surface area contributed by atoms with Gasteiger partial charge in [0, 0.05) is 16.9 Å². The predicted molar refractivity (Wildman–Crippen MR) is 93.1 cm³/mol. The van der Waals surface area contributed by atoms with Gasteiger partial charge in [0.2, 0.25) is 5.91 Å². The van der Waals surface area contributed by atoms with Crippen LogP contribution in [0.15, 0.2) is 42.6 Å². The largest absolute Gasteiger partial charge is 0.332 e. The smallest absolute Gasteiger partial charge is 0.271 e. The molecule has 2 amide bonds. The van der Waals surface area contributed by atoms with Gasteiger partial charge in [0.05, 0.1) is 12.5 Å². The van der Waals surface area contributed by atoms with Crippen LogP contribution in [-0.2, 0) is 11.2 Å². The van der Waals surface area contributed by atoms with E-state index in [0.717, 1.165) is 5.56 Å². The highest BCUT2D eigenvalue weighted by molar-refractivity contribution is 6.30. The molecule has 0 saturated heterocycles. The van der Waals surface area contributed by atoms with E-state index in [1.807, 2.05) is 0 Å². The molecule has 6 nitrogen and oxygen atoms in total. The van der Waals surface area contributed by atoms with Crippen molar-refractivity contribution in [2.75, 3.05) is 5.32 Å². The Morgan fingerprint density at radius 3 is 2.60 bits per heavy atom. The summed E-state index contributed by atoms with van der Waals surface area (Å²) in [6.45, 7) is 0. The second-order valence-electron chi connectivity index (χ2n) is 5.93. The third kappa shape index (κ3) is 4.34. The van der Waals surface area contributed by atoms with E-state index in [1.54, 1.807) is 30.3 Å². The minimum atomic E-state index is -0.757. The van der Waals surface area contributed by atoms with Crippen LogP contribution < -0.4 is 10.6 Å². The molecule has 1 aromatic heterocycles. The number of rotatable bonds is 5. The topological polar surface area (TPSA) is 94.9 Å². The number of nitrogens with one attached hydrogen (secondary N) is 2. The number of halogens is 1. The summed E-state index contributed by atoms with van der Waals surface area (Å²) in [6.07, 6.45) is 2.93. The van der Waals surface area contributed by atoms with Crippen LogP contribution in [-0.4, -0.2) is 22.3 Å². The Bertz CT molecular complexity index is 854. The molecule has 2 N–H and O–H groups in total. The van der Waals surface area contributed by atoms with E-state index < -0.39 is 11.4 Å². The van der Waals surface area contributed by atoms with Crippen molar-refractivity contribution < 1.29 is 9.59 Å². The van der Waals surface area contributed by atoms with Gasteiger partial charge in [0.1, 0.15) is 11.2 Å². The number of hydrogen-bond acceptors (Lipinski definition) is 4. The highest BCUT2D eigenvalue weighted by Gasteiger charge is 2.44. The zero-order valence-electron chi connectivity index (χ0n) is 13.3. The van der Waals surface area contributed by atoms with Crippen LogP contribution in [0.3, 0.4) is 0 Å². The summed E-state index contributed by atoms with van der Waals surface area (Å²) in [7, 11) is 0. The van der Waals surface area contributed by atoms with Crippen molar-refractivity contribution in [3.63, 3.8) is 0 Å². The van der Waals surface area contributed by atoms with Gasteiger partial charge in [-0.3, -0.25) is 14.6 Å². The lowest BCUT2D eigenvalue weighted by molar-refractivity contribution is -0.115. The molecular formula is C18H15ClN4O2. The zero-order valence-corrected chi connectivity index (χ0v) is 14.0.